The Morgan fingerprint density at radius 2 is 1.90 bits per heavy atom. The normalized spacial score (nSPS) is 17.2. The molecule has 0 radical (unpaired) electrons. The number of amides is 1. The van der Waals surface area contributed by atoms with Crippen molar-refractivity contribution in [3.63, 3.8) is 0 Å². The van der Waals surface area contributed by atoms with E-state index < -0.39 is 17.7 Å². The second kappa shape index (κ2) is 9.98. The van der Waals surface area contributed by atoms with E-state index in [9.17, 15) is 18.0 Å². The molecule has 2 saturated heterocycles. The lowest BCUT2D eigenvalue weighted by Crippen LogP contribution is -2.60. The summed E-state index contributed by atoms with van der Waals surface area (Å²) in [5.41, 5.74) is 6.45. The van der Waals surface area contributed by atoms with E-state index in [2.05, 4.69) is 30.0 Å². The number of carbonyl (C=O) groups excluding carboxylic acids is 1. The molecule has 208 valence electrons. The first-order valence-electron chi connectivity index (χ1n) is 12.5. The molecule has 14 heteroatoms. The van der Waals surface area contributed by atoms with Gasteiger partial charge in [0.1, 0.15) is 23.2 Å². The molecule has 0 aliphatic carbocycles. The van der Waals surface area contributed by atoms with Crippen LogP contribution in [0, 0.1) is 5.41 Å². The fourth-order valence-electron chi connectivity index (χ4n) is 4.93. The summed E-state index contributed by atoms with van der Waals surface area (Å²) in [4.78, 5) is 28.5. The smallest absolute Gasteiger partial charge is 0.406 e. The molecule has 1 amide bonds. The number of hydrogen-bond donors (Lipinski definition) is 2. The van der Waals surface area contributed by atoms with E-state index in [-0.39, 0.29) is 11.2 Å². The number of nitrogens with zero attached hydrogens (tertiary/aromatic N) is 7. The molecular formula is C25H30F3N9O2. The number of aromatic nitrogens is 5. The largest absolute Gasteiger partial charge is 0.573 e. The Labute approximate surface area is 223 Å². The van der Waals surface area contributed by atoms with Gasteiger partial charge in [0, 0.05) is 61.7 Å². The molecule has 1 spiro atoms. The van der Waals surface area contributed by atoms with Gasteiger partial charge in [-0.3, -0.25) is 9.48 Å². The molecule has 0 atom stereocenters. The monoisotopic (exact) mass is 545 g/mol. The highest BCUT2D eigenvalue weighted by Crippen LogP contribution is 2.42. The first kappa shape index (κ1) is 26.7. The van der Waals surface area contributed by atoms with E-state index in [0.717, 1.165) is 57.6 Å². The average Bonchev–Trinajstić information content (AvgIpc) is 3.28. The zero-order chi connectivity index (χ0) is 27.8. The van der Waals surface area contributed by atoms with Gasteiger partial charge < -0.3 is 25.6 Å². The Morgan fingerprint density at radius 1 is 1.15 bits per heavy atom. The van der Waals surface area contributed by atoms with E-state index in [4.69, 9.17) is 10.7 Å². The number of likely N-dealkylation sites (tertiary alicyclic amines) is 1. The molecule has 0 bridgehead atoms. The molecule has 5 heterocycles. The van der Waals surface area contributed by atoms with Crippen LogP contribution >= 0.6 is 0 Å². The summed E-state index contributed by atoms with van der Waals surface area (Å²) in [7, 11) is 0. The van der Waals surface area contributed by atoms with Crippen LogP contribution in [0.25, 0.3) is 11.4 Å². The summed E-state index contributed by atoms with van der Waals surface area (Å²) in [6.45, 7) is 7.31. The third-order valence-corrected chi connectivity index (χ3v) is 6.78. The summed E-state index contributed by atoms with van der Waals surface area (Å²) in [6, 6.07) is 4.01. The molecule has 3 aromatic rings. The molecule has 2 aliphatic rings. The maximum absolute atomic E-state index is 12.7. The van der Waals surface area contributed by atoms with Crippen molar-refractivity contribution in [1.82, 2.24) is 29.6 Å². The molecule has 3 aromatic heterocycles. The highest BCUT2D eigenvalue weighted by Gasteiger charge is 2.45. The Bertz CT molecular complexity index is 1320. The molecule has 3 N–H and O–H groups in total. The molecule has 5 rings (SSSR count). The number of pyridine rings is 1. The average molecular weight is 546 g/mol. The van der Waals surface area contributed by atoms with E-state index in [1.54, 1.807) is 28.0 Å². The second-order valence-electron chi connectivity index (χ2n) is 10.9. The minimum Gasteiger partial charge on any atom is -0.406 e. The van der Waals surface area contributed by atoms with E-state index in [0.29, 0.717) is 29.6 Å². The van der Waals surface area contributed by atoms with Gasteiger partial charge in [0.25, 0.3) is 0 Å². The molecular weight excluding hydrogens is 515 g/mol. The van der Waals surface area contributed by atoms with Crippen LogP contribution in [0.1, 0.15) is 26.7 Å². The minimum atomic E-state index is -4.82. The lowest BCUT2D eigenvalue weighted by atomic mass is 9.72. The fraction of sp³-hybridized carbons (Fsp3) is 0.480. The number of hydrogen-bond acceptors (Lipinski definition) is 9. The van der Waals surface area contributed by atoms with Gasteiger partial charge >= 0.3 is 6.36 Å². The molecule has 0 unspecified atom stereocenters. The van der Waals surface area contributed by atoms with Gasteiger partial charge in [0.2, 0.25) is 6.41 Å². The van der Waals surface area contributed by atoms with Gasteiger partial charge in [0.05, 0.1) is 18.3 Å². The first-order chi connectivity index (χ1) is 18.4. The predicted molar refractivity (Wildman–Crippen MR) is 137 cm³/mol. The van der Waals surface area contributed by atoms with Crippen LogP contribution in [0.15, 0.2) is 36.8 Å². The van der Waals surface area contributed by atoms with E-state index in [1.165, 1.54) is 6.20 Å². The van der Waals surface area contributed by atoms with Crippen molar-refractivity contribution in [2.24, 2.45) is 11.1 Å². The number of nitrogens with two attached hydrogens (primary N) is 1. The quantitative estimate of drug-likeness (QED) is 0.410. The molecule has 2 aliphatic heterocycles. The summed E-state index contributed by atoms with van der Waals surface area (Å²) in [5.74, 6) is 1.16. The fourth-order valence-corrected chi connectivity index (χ4v) is 4.93. The van der Waals surface area contributed by atoms with Crippen LogP contribution < -0.4 is 20.7 Å². The van der Waals surface area contributed by atoms with Gasteiger partial charge in [-0.15, -0.1) is 13.2 Å². The maximum Gasteiger partial charge on any atom is 0.573 e. The van der Waals surface area contributed by atoms with Crippen molar-refractivity contribution >= 4 is 23.9 Å². The Balaban J connectivity index is 1.41. The standard InChI is InChI=1S/C25H30F3N9O2/c1-23(2,29)13-37-12-17(11-31-37)22-33-20(32-19-9-18(3-6-30-19)39-25(26,27)28)10-21(34-22)36-14-24(15-36)4-7-35(16-38)8-5-24/h3,6,9-12,16H,4-5,7-8,13-15,29H2,1-2H3,(H,30,32,33,34). The second-order valence-corrected chi connectivity index (χ2v) is 10.9. The zero-order valence-corrected chi connectivity index (χ0v) is 21.6. The highest BCUT2D eigenvalue weighted by molar-refractivity contribution is 5.65. The third-order valence-electron chi connectivity index (χ3n) is 6.78. The number of anilines is 3. The van der Waals surface area contributed by atoms with E-state index >= 15 is 0 Å². The van der Waals surface area contributed by atoms with Crippen LogP contribution in [0.2, 0.25) is 0 Å². The van der Waals surface area contributed by atoms with Crippen molar-refractivity contribution in [2.75, 3.05) is 36.4 Å². The van der Waals surface area contributed by atoms with Gasteiger partial charge in [-0.1, -0.05) is 0 Å². The topological polar surface area (TPSA) is 127 Å². The number of nitrogens with one attached hydrogen (secondary N) is 1. The first-order valence-corrected chi connectivity index (χ1v) is 12.5. The van der Waals surface area contributed by atoms with Crippen LogP contribution in [-0.4, -0.2) is 74.1 Å². The van der Waals surface area contributed by atoms with Gasteiger partial charge in [-0.25, -0.2) is 15.0 Å². The molecule has 39 heavy (non-hydrogen) atoms. The van der Waals surface area contributed by atoms with Crippen molar-refractivity contribution in [3.8, 4) is 17.1 Å². The van der Waals surface area contributed by atoms with E-state index in [1.807, 2.05) is 13.8 Å². The van der Waals surface area contributed by atoms with Crippen LogP contribution in [0.4, 0.5) is 30.6 Å². The highest BCUT2D eigenvalue weighted by atomic mass is 19.4. The predicted octanol–water partition coefficient (Wildman–Crippen LogP) is 3.17. The maximum atomic E-state index is 12.7. The van der Waals surface area contributed by atoms with Crippen molar-refractivity contribution in [3.05, 3.63) is 36.8 Å². The zero-order valence-electron chi connectivity index (χ0n) is 21.6. The molecule has 11 nitrogen and oxygen atoms in total. The van der Waals surface area contributed by atoms with Crippen LogP contribution in [-0.2, 0) is 11.3 Å². The van der Waals surface area contributed by atoms with Gasteiger partial charge in [-0.05, 0) is 32.8 Å². The van der Waals surface area contributed by atoms with Gasteiger partial charge in [-0.2, -0.15) is 5.10 Å². The summed E-state index contributed by atoms with van der Waals surface area (Å²) >= 11 is 0. The minimum absolute atomic E-state index is 0.126. The summed E-state index contributed by atoms with van der Waals surface area (Å²) in [6.07, 6.45) is 2.59. The number of rotatable bonds is 8. The molecule has 0 aromatic carbocycles. The third kappa shape index (κ3) is 6.56. The van der Waals surface area contributed by atoms with Crippen molar-refractivity contribution in [1.29, 1.82) is 0 Å². The number of piperidine rings is 1. The summed E-state index contributed by atoms with van der Waals surface area (Å²) in [5, 5.41) is 7.37. The van der Waals surface area contributed by atoms with Crippen molar-refractivity contribution < 1.29 is 22.7 Å². The Hall–Kier alpha value is -3.94. The number of ether oxygens (including phenoxy) is 1. The molecule has 2 fully saturated rings. The van der Waals surface area contributed by atoms with Crippen LogP contribution in [0.3, 0.4) is 0 Å². The lowest BCUT2D eigenvalue weighted by molar-refractivity contribution is -0.274. The number of alkyl halides is 3. The van der Waals surface area contributed by atoms with Gasteiger partial charge in [0.15, 0.2) is 5.82 Å². The summed E-state index contributed by atoms with van der Waals surface area (Å²) < 4.78 is 43.8. The van der Waals surface area contributed by atoms with Crippen LogP contribution in [0.5, 0.6) is 5.75 Å². The Morgan fingerprint density at radius 3 is 2.56 bits per heavy atom. The number of carbonyl (C=O) groups is 1. The lowest BCUT2D eigenvalue weighted by Gasteiger charge is -2.54. The van der Waals surface area contributed by atoms with Crippen molar-refractivity contribution in [2.45, 2.75) is 45.1 Å². The number of halogens is 3. The Kier molecular flexibility index (Phi) is 6.83. The SMILES string of the molecule is CC(C)(N)Cn1cc(-c2nc(Nc3cc(OC(F)(F)F)ccn3)cc(N3CC4(CCN(C=O)CC4)C3)n2)cn1. The molecule has 0 saturated carbocycles.